The van der Waals surface area contributed by atoms with Crippen LogP contribution in [0.1, 0.15) is 49.9 Å². The minimum Gasteiger partial charge on any atom is -0.382 e. The van der Waals surface area contributed by atoms with E-state index in [0.717, 1.165) is 24.5 Å². The summed E-state index contributed by atoms with van der Waals surface area (Å²) in [7, 11) is 0. The van der Waals surface area contributed by atoms with Crippen LogP contribution in [-0.2, 0) is 10.8 Å². The lowest BCUT2D eigenvalue weighted by Gasteiger charge is -2.30. The second-order valence-corrected chi connectivity index (χ2v) is 9.32. The first-order valence-electron chi connectivity index (χ1n) is 11.3. The third-order valence-electron chi connectivity index (χ3n) is 6.44. The molecule has 3 aromatic carbocycles. The molecule has 3 rings (SSSR count). The zero-order valence-electron chi connectivity index (χ0n) is 19.9. The fourth-order valence-corrected chi connectivity index (χ4v) is 4.03. The maximum Gasteiger partial charge on any atom is 0.0342 e. The minimum absolute atomic E-state index is 0.0713. The average Bonchev–Trinajstić information content (AvgIpc) is 2.82. The molecule has 0 bridgehead atoms. The molecule has 0 atom stereocenters. The molecule has 166 valence electrons. The van der Waals surface area contributed by atoms with Crippen LogP contribution in [0.5, 0.6) is 0 Å². The third-order valence-corrected chi connectivity index (χ3v) is 6.44. The highest BCUT2D eigenvalue weighted by Gasteiger charge is 2.26. The quantitative estimate of drug-likeness (QED) is 0.329. The highest BCUT2D eigenvalue weighted by Crippen LogP contribution is 2.36. The highest BCUT2D eigenvalue weighted by molar-refractivity contribution is 5.51. The van der Waals surface area contributed by atoms with Crippen molar-refractivity contribution in [3.8, 4) is 0 Å². The second-order valence-electron chi connectivity index (χ2n) is 9.32. The van der Waals surface area contributed by atoms with E-state index < -0.39 is 0 Å². The summed E-state index contributed by atoms with van der Waals surface area (Å²) in [6.07, 6.45) is 3.74. The molecule has 0 saturated heterocycles. The molecule has 2 nitrogen and oxygen atoms in total. The van der Waals surface area contributed by atoms with Crippen LogP contribution in [-0.4, -0.2) is 13.1 Å². The van der Waals surface area contributed by atoms with E-state index in [9.17, 15) is 0 Å². The van der Waals surface area contributed by atoms with Gasteiger partial charge in [-0.1, -0.05) is 88.4 Å². The highest BCUT2D eigenvalue weighted by atomic mass is 14.9. The predicted octanol–water partition coefficient (Wildman–Crippen LogP) is 7.53. The maximum atomic E-state index is 3.76. The fourth-order valence-electron chi connectivity index (χ4n) is 4.03. The van der Waals surface area contributed by atoms with E-state index in [1.165, 1.54) is 22.3 Å². The Hall–Kier alpha value is -3.26. The Morgan fingerprint density at radius 2 is 0.781 bits per heavy atom. The van der Waals surface area contributed by atoms with Crippen molar-refractivity contribution < 1.29 is 0 Å². The zero-order chi connectivity index (χ0) is 23.2. The van der Waals surface area contributed by atoms with Crippen molar-refractivity contribution >= 4 is 11.4 Å². The first kappa shape index (κ1) is 23.4. The number of rotatable bonds is 10. The van der Waals surface area contributed by atoms with Gasteiger partial charge < -0.3 is 10.6 Å². The van der Waals surface area contributed by atoms with Gasteiger partial charge in [-0.2, -0.15) is 0 Å². The van der Waals surface area contributed by atoms with Gasteiger partial charge in [0.1, 0.15) is 0 Å². The van der Waals surface area contributed by atoms with Crippen LogP contribution < -0.4 is 10.6 Å². The summed E-state index contributed by atoms with van der Waals surface area (Å²) in [4.78, 5) is 0. The molecule has 3 aromatic rings. The number of hydrogen-bond acceptors (Lipinski definition) is 2. The largest absolute Gasteiger partial charge is 0.382 e. The first-order chi connectivity index (χ1) is 15.3. The Bertz CT molecular complexity index is 937. The van der Waals surface area contributed by atoms with E-state index in [0.29, 0.717) is 0 Å². The van der Waals surface area contributed by atoms with Crippen molar-refractivity contribution in [2.24, 2.45) is 0 Å². The molecule has 0 spiro atoms. The Balaban J connectivity index is 1.79. The molecule has 0 aliphatic heterocycles. The molecule has 32 heavy (non-hydrogen) atoms. The molecule has 0 unspecified atom stereocenters. The van der Waals surface area contributed by atoms with E-state index in [4.69, 9.17) is 0 Å². The normalized spacial score (nSPS) is 11.6. The van der Waals surface area contributed by atoms with Gasteiger partial charge in [-0.3, -0.25) is 0 Å². The molecule has 0 aliphatic rings. The summed E-state index contributed by atoms with van der Waals surface area (Å²) in [5, 5.41) is 6.68. The van der Waals surface area contributed by atoms with Crippen LogP contribution in [0.4, 0.5) is 11.4 Å². The summed E-state index contributed by atoms with van der Waals surface area (Å²) >= 11 is 0. The molecule has 0 saturated carbocycles. The van der Waals surface area contributed by atoms with Crippen LogP contribution in [0.3, 0.4) is 0 Å². The van der Waals surface area contributed by atoms with Gasteiger partial charge >= 0.3 is 0 Å². The predicted molar refractivity (Wildman–Crippen MR) is 141 cm³/mol. The first-order valence-corrected chi connectivity index (χ1v) is 11.3. The number of hydrogen-bond donors (Lipinski definition) is 2. The summed E-state index contributed by atoms with van der Waals surface area (Å²) < 4.78 is 0. The monoisotopic (exact) mass is 424 g/mol. The van der Waals surface area contributed by atoms with Gasteiger partial charge in [0, 0.05) is 35.3 Å². The Labute approximate surface area is 194 Å². The smallest absolute Gasteiger partial charge is 0.0342 e. The van der Waals surface area contributed by atoms with Crippen LogP contribution in [0.2, 0.25) is 0 Å². The Morgan fingerprint density at radius 1 is 0.531 bits per heavy atom. The van der Waals surface area contributed by atoms with Gasteiger partial charge in [0.05, 0.1) is 0 Å². The molecule has 2 N–H and O–H groups in total. The summed E-state index contributed by atoms with van der Waals surface area (Å²) in [5.41, 5.74) is 7.32. The summed E-state index contributed by atoms with van der Waals surface area (Å²) in [5.74, 6) is 0. The molecule has 0 heterocycles. The zero-order valence-corrected chi connectivity index (χ0v) is 19.9. The van der Waals surface area contributed by atoms with Gasteiger partial charge in [-0.25, -0.2) is 0 Å². The standard InChI is InChI=1S/C30H36N2/c1-7-21-31-27-17-13-25(14-18-27)29(3,4)23-9-11-24(12-10-23)30(5,6)26-15-19-28(20-16-26)32-22-8-2/h7-20,31-32H,1-2,21-22H2,3-6H3. The van der Waals surface area contributed by atoms with Gasteiger partial charge in [0.2, 0.25) is 0 Å². The van der Waals surface area contributed by atoms with Crippen LogP contribution in [0.25, 0.3) is 0 Å². The van der Waals surface area contributed by atoms with E-state index in [1.807, 2.05) is 12.2 Å². The fraction of sp³-hybridized carbons (Fsp3) is 0.267. The lowest BCUT2D eigenvalue weighted by atomic mass is 9.74. The minimum atomic E-state index is -0.0713. The number of benzene rings is 3. The average molecular weight is 425 g/mol. The molecule has 0 aromatic heterocycles. The van der Waals surface area contributed by atoms with Crippen LogP contribution in [0.15, 0.2) is 98.1 Å². The molecule has 0 aliphatic carbocycles. The van der Waals surface area contributed by atoms with Crippen molar-refractivity contribution in [1.29, 1.82) is 0 Å². The molecule has 0 radical (unpaired) electrons. The molecule has 2 heteroatoms. The van der Waals surface area contributed by atoms with Crippen molar-refractivity contribution in [2.75, 3.05) is 23.7 Å². The molecule has 0 amide bonds. The van der Waals surface area contributed by atoms with Crippen molar-refractivity contribution in [3.05, 3.63) is 120 Å². The van der Waals surface area contributed by atoms with Gasteiger partial charge in [-0.05, 0) is 46.5 Å². The second kappa shape index (κ2) is 9.91. The maximum absolute atomic E-state index is 3.76. The van der Waals surface area contributed by atoms with Crippen molar-refractivity contribution in [1.82, 2.24) is 0 Å². The Kier molecular flexibility index (Phi) is 7.25. The van der Waals surface area contributed by atoms with Gasteiger partial charge in [-0.15, -0.1) is 13.2 Å². The van der Waals surface area contributed by atoms with Gasteiger partial charge in [0.25, 0.3) is 0 Å². The summed E-state index contributed by atoms with van der Waals surface area (Å²) in [6.45, 7) is 18.2. The molecular weight excluding hydrogens is 388 g/mol. The third kappa shape index (κ3) is 5.13. The summed E-state index contributed by atoms with van der Waals surface area (Å²) in [6, 6.07) is 26.5. The SMILES string of the molecule is C=CCNc1ccc(C(C)(C)c2ccc(C(C)(C)c3ccc(NCC=C)cc3)cc2)cc1. The Morgan fingerprint density at radius 3 is 1.03 bits per heavy atom. The van der Waals surface area contributed by atoms with E-state index >= 15 is 0 Å². The lowest BCUT2D eigenvalue weighted by molar-refractivity contribution is 0.626. The van der Waals surface area contributed by atoms with E-state index in [2.05, 4.69) is 124 Å². The van der Waals surface area contributed by atoms with Crippen LogP contribution in [0, 0.1) is 0 Å². The lowest BCUT2D eigenvalue weighted by Crippen LogP contribution is -2.21. The number of nitrogens with one attached hydrogen (secondary N) is 2. The topological polar surface area (TPSA) is 24.1 Å². The van der Waals surface area contributed by atoms with Crippen LogP contribution >= 0.6 is 0 Å². The number of anilines is 2. The van der Waals surface area contributed by atoms with Crippen molar-refractivity contribution in [3.63, 3.8) is 0 Å². The van der Waals surface area contributed by atoms with E-state index in [1.54, 1.807) is 0 Å². The van der Waals surface area contributed by atoms with Crippen molar-refractivity contribution in [2.45, 2.75) is 38.5 Å². The molecular formula is C30H36N2. The van der Waals surface area contributed by atoms with Gasteiger partial charge in [0.15, 0.2) is 0 Å². The van der Waals surface area contributed by atoms with E-state index in [-0.39, 0.29) is 10.8 Å². The molecule has 0 fully saturated rings.